The van der Waals surface area contributed by atoms with Gasteiger partial charge >= 0.3 is 0 Å². The lowest BCUT2D eigenvalue weighted by molar-refractivity contribution is -0.122. The van der Waals surface area contributed by atoms with Gasteiger partial charge in [-0.15, -0.1) is 0 Å². The third-order valence-electron chi connectivity index (χ3n) is 2.64. The zero-order valence-corrected chi connectivity index (χ0v) is 8.96. The number of nitrogens with one attached hydrogen (secondary N) is 1. The normalized spacial score (nSPS) is 17.6. The summed E-state index contributed by atoms with van der Waals surface area (Å²) < 4.78 is 0. The van der Waals surface area contributed by atoms with Crippen molar-refractivity contribution < 1.29 is 4.79 Å². The lowest BCUT2D eigenvalue weighted by atomic mass is 10.2. The molecule has 0 radical (unpaired) electrons. The molecule has 0 unspecified atom stereocenters. The van der Waals surface area contributed by atoms with E-state index in [1.807, 2.05) is 11.9 Å². The predicted molar refractivity (Wildman–Crippen MR) is 57.0 cm³/mol. The van der Waals surface area contributed by atoms with Gasteiger partial charge in [0.05, 0.1) is 6.54 Å². The molecule has 3 N–H and O–H groups in total. The molecule has 1 fully saturated rings. The molecule has 82 valence electrons. The van der Waals surface area contributed by atoms with E-state index in [2.05, 4.69) is 5.32 Å². The zero-order valence-electron chi connectivity index (χ0n) is 8.96. The summed E-state index contributed by atoms with van der Waals surface area (Å²) >= 11 is 0. The van der Waals surface area contributed by atoms with Gasteiger partial charge in [-0.05, 0) is 19.9 Å². The predicted octanol–water partition coefficient (Wildman–Crippen LogP) is -0.0643. The fraction of sp³-hybridized carbons (Fsp3) is 0.900. The van der Waals surface area contributed by atoms with Crippen LogP contribution in [0.5, 0.6) is 0 Å². The van der Waals surface area contributed by atoms with Crippen LogP contribution in [-0.4, -0.2) is 43.5 Å². The molecule has 1 aliphatic rings. The van der Waals surface area contributed by atoms with Crippen molar-refractivity contribution in [3.05, 3.63) is 0 Å². The molecule has 0 bridgehead atoms. The van der Waals surface area contributed by atoms with Crippen LogP contribution in [0, 0.1) is 0 Å². The number of carbonyl (C=O) groups is 1. The van der Waals surface area contributed by atoms with Gasteiger partial charge in [0, 0.05) is 19.1 Å². The van der Waals surface area contributed by atoms with E-state index in [1.54, 1.807) is 0 Å². The van der Waals surface area contributed by atoms with Gasteiger partial charge in [0.25, 0.3) is 0 Å². The lowest BCUT2D eigenvalue weighted by Crippen LogP contribution is -2.41. The fourth-order valence-electron chi connectivity index (χ4n) is 1.89. The van der Waals surface area contributed by atoms with Crippen molar-refractivity contribution in [3.63, 3.8) is 0 Å². The van der Waals surface area contributed by atoms with Crippen LogP contribution in [0.4, 0.5) is 0 Å². The molecule has 0 heterocycles. The van der Waals surface area contributed by atoms with Gasteiger partial charge in [-0.25, -0.2) is 0 Å². The minimum atomic E-state index is 0.132. The van der Waals surface area contributed by atoms with E-state index in [0.29, 0.717) is 19.1 Å². The Labute approximate surface area is 85.8 Å². The molecule has 1 rings (SSSR count). The molecule has 0 aromatic carbocycles. The lowest BCUT2D eigenvalue weighted by Gasteiger charge is -2.17. The Morgan fingerprint density at radius 1 is 1.50 bits per heavy atom. The molecule has 0 spiro atoms. The number of rotatable bonds is 5. The molecule has 4 heteroatoms. The Kier molecular flexibility index (Phi) is 4.90. The van der Waals surface area contributed by atoms with E-state index in [1.165, 1.54) is 12.8 Å². The molecule has 0 aromatic heterocycles. The van der Waals surface area contributed by atoms with Crippen molar-refractivity contribution >= 4 is 5.91 Å². The van der Waals surface area contributed by atoms with Crippen LogP contribution < -0.4 is 11.1 Å². The molecule has 4 nitrogen and oxygen atoms in total. The summed E-state index contributed by atoms with van der Waals surface area (Å²) in [4.78, 5) is 13.4. The molecular formula is C10H21N3O. The Bertz CT molecular complexity index is 178. The smallest absolute Gasteiger partial charge is 0.234 e. The van der Waals surface area contributed by atoms with Gasteiger partial charge in [-0.2, -0.15) is 0 Å². The summed E-state index contributed by atoms with van der Waals surface area (Å²) in [6.45, 7) is 1.85. The molecule has 1 aliphatic carbocycles. The van der Waals surface area contributed by atoms with Crippen molar-refractivity contribution in [2.45, 2.75) is 31.7 Å². The number of hydrogen-bond donors (Lipinski definition) is 2. The van der Waals surface area contributed by atoms with Crippen LogP contribution >= 0.6 is 0 Å². The first-order valence-electron chi connectivity index (χ1n) is 5.40. The number of nitrogens with two attached hydrogens (primary N) is 1. The molecule has 0 aromatic rings. The van der Waals surface area contributed by atoms with E-state index < -0.39 is 0 Å². The highest BCUT2D eigenvalue weighted by atomic mass is 16.2. The van der Waals surface area contributed by atoms with Gasteiger partial charge in [0.1, 0.15) is 0 Å². The summed E-state index contributed by atoms with van der Waals surface area (Å²) in [5, 5.41) is 3.05. The number of likely N-dealkylation sites (N-methyl/N-ethyl adjacent to an activating group) is 1. The van der Waals surface area contributed by atoms with Crippen LogP contribution in [0.2, 0.25) is 0 Å². The molecule has 0 atom stereocenters. The van der Waals surface area contributed by atoms with Gasteiger partial charge in [-0.1, -0.05) is 12.8 Å². The number of carbonyl (C=O) groups excluding carboxylic acids is 1. The highest BCUT2D eigenvalue weighted by Crippen LogP contribution is 2.17. The minimum absolute atomic E-state index is 0.132. The largest absolute Gasteiger partial charge is 0.352 e. The summed E-state index contributed by atoms with van der Waals surface area (Å²) in [7, 11) is 1.92. The Balaban J connectivity index is 2.14. The monoisotopic (exact) mass is 199 g/mol. The van der Waals surface area contributed by atoms with Crippen molar-refractivity contribution in [1.29, 1.82) is 0 Å². The third kappa shape index (κ3) is 4.07. The maximum Gasteiger partial charge on any atom is 0.234 e. The first-order valence-corrected chi connectivity index (χ1v) is 5.40. The number of amides is 1. The maximum absolute atomic E-state index is 11.5. The van der Waals surface area contributed by atoms with E-state index in [-0.39, 0.29) is 5.91 Å². The highest BCUT2D eigenvalue weighted by molar-refractivity contribution is 5.78. The average molecular weight is 199 g/mol. The van der Waals surface area contributed by atoms with Crippen LogP contribution in [0.1, 0.15) is 25.7 Å². The maximum atomic E-state index is 11.5. The van der Waals surface area contributed by atoms with E-state index in [9.17, 15) is 4.79 Å². The van der Waals surface area contributed by atoms with Gasteiger partial charge < -0.3 is 11.1 Å². The second-order valence-corrected chi connectivity index (χ2v) is 4.08. The molecule has 1 saturated carbocycles. The SMILES string of the molecule is CN(CCN)CC(=O)NC1CCCC1. The average Bonchev–Trinajstić information content (AvgIpc) is 2.56. The van der Waals surface area contributed by atoms with Crippen molar-refractivity contribution in [2.24, 2.45) is 5.73 Å². The fourth-order valence-corrected chi connectivity index (χ4v) is 1.89. The van der Waals surface area contributed by atoms with Crippen molar-refractivity contribution in [1.82, 2.24) is 10.2 Å². The van der Waals surface area contributed by atoms with Gasteiger partial charge in [0.15, 0.2) is 0 Å². The van der Waals surface area contributed by atoms with Crippen LogP contribution in [-0.2, 0) is 4.79 Å². The first kappa shape index (κ1) is 11.5. The Hall–Kier alpha value is -0.610. The number of hydrogen-bond acceptors (Lipinski definition) is 3. The molecule has 0 aliphatic heterocycles. The Morgan fingerprint density at radius 2 is 2.14 bits per heavy atom. The molecule has 0 saturated heterocycles. The van der Waals surface area contributed by atoms with Gasteiger partial charge in [0.2, 0.25) is 5.91 Å². The summed E-state index contributed by atoms with van der Waals surface area (Å²) in [6.07, 6.45) is 4.80. The first-order chi connectivity index (χ1) is 6.72. The van der Waals surface area contributed by atoms with E-state index in [4.69, 9.17) is 5.73 Å². The topological polar surface area (TPSA) is 58.4 Å². The minimum Gasteiger partial charge on any atom is -0.352 e. The van der Waals surface area contributed by atoms with Crippen LogP contribution in [0.3, 0.4) is 0 Å². The van der Waals surface area contributed by atoms with E-state index in [0.717, 1.165) is 19.4 Å². The van der Waals surface area contributed by atoms with Crippen LogP contribution in [0.25, 0.3) is 0 Å². The molecule has 14 heavy (non-hydrogen) atoms. The second kappa shape index (κ2) is 5.98. The van der Waals surface area contributed by atoms with Crippen molar-refractivity contribution in [2.75, 3.05) is 26.7 Å². The molecular weight excluding hydrogens is 178 g/mol. The van der Waals surface area contributed by atoms with Gasteiger partial charge in [-0.3, -0.25) is 9.69 Å². The zero-order chi connectivity index (χ0) is 10.4. The summed E-state index contributed by atoms with van der Waals surface area (Å²) in [5.41, 5.74) is 5.40. The van der Waals surface area contributed by atoms with Crippen LogP contribution in [0.15, 0.2) is 0 Å². The third-order valence-corrected chi connectivity index (χ3v) is 2.64. The highest BCUT2D eigenvalue weighted by Gasteiger charge is 2.17. The second-order valence-electron chi connectivity index (χ2n) is 4.08. The number of nitrogens with zero attached hydrogens (tertiary/aromatic N) is 1. The summed E-state index contributed by atoms with van der Waals surface area (Å²) in [6, 6.07) is 0.425. The quantitative estimate of drug-likeness (QED) is 0.652. The Morgan fingerprint density at radius 3 is 2.71 bits per heavy atom. The van der Waals surface area contributed by atoms with E-state index >= 15 is 0 Å². The summed E-state index contributed by atoms with van der Waals surface area (Å²) in [5.74, 6) is 0.132. The molecule has 1 amide bonds. The van der Waals surface area contributed by atoms with Crippen molar-refractivity contribution in [3.8, 4) is 0 Å². The standard InChI is InChI=1S/C10H21N3O/c1-13(7-6-11)8-10(14)12-9-4-2-3-5-9/h9H,2-8,11H2,1H3,(H,12,14).